The van der Waals surface area contributed by atoms with Crippen molar-refractivity contribution in [2.24, 2.45) is 0 Å². The topological polar surface area (TPSA) is 12.9 Å². The van der Waals surface area contributed by atoms with Crippen molar-refractivity contribution in [3.8, 4) is 10.6 Å². The molecule has 1 aromatic carbocycles. The van der Waals surface area contributed by atoms with Gasteiger partial charge in [-0.05, 0) is 0 Å². The summed E-state index contributed by atoms with van der Waals surface area (Å²) in [7, 11) is 0. The fraction of sp³-hybridized carbons (Fsp3) is 0. The predicted octanol–water partition coefficient (Wildman–Crippen LogP) is 0.215. The summed E-state index contributed by atoms with van der Waals surface area (Å²) < 4.78 is 0. The van der Waals surface area contributed by atoms with Gasteiger partial charge in [-0.1, -0.05) is 30.3 Å². The van der Waals surface area contributed by atoms with Gasteiger partial charge in [-0.15, -0.1) is 24.0 Å². The number of thiazole rings is 1. The Morgan fingerprint density at radius 1 is 1.23 bits per heavy atom. The van der Waals surface area contributed by atoms with Gasteiger partial charge in [0.05, 0.1) is 0 Å². The molecule has 1 aromatic heterocycles. The molecule has 0 aliphatic rings. The summed E-state index contributed by atoms with van der Waals surface area (Å²) in [6, 6.07) is 10.1. The zero-order valence-electron chi connectivity index (χ0n) is 8.27. The maximum absolute atomic E-state index is 4.26. The summed E-state index contributed by atoms with van der Waals surface area (Å²) in [5.41, 5.74) is 1.16. The van der Waals surface area contributed by atoms with Crippen molar-refractivity contribution in [1.29, 1.82) is 0 Å². The van der Waals surface area contributed by atoms with Crippen LogP contribution in [0.1, 0.15) is 1.43 Å². The fourth-order valence-corrected chi connectivity index (χ4v) is 2.00. The van der Waals surface area contributed by atoms with E-state index in [2.05, 4.69) is 17.6 Å². The minimum absolute atomic E-state index is 0. The maximum Gasteiger partial charge on any atom is 1.00 e. The number of thiol groups is 1. The van der Waals surface area contributed by atoms with E-state index in [1.807, 2.05) is 35.7 Å². The Bertz CT molecular complexity index is 377. The molecule has 2 aromatic rings. The molecule has 13 heavy (non-hydrogen) atoms. The number of rotatable bonds is 1. The monoisotopic (exact) mass is 217 g/mol. The molecule has 0 unspecified atom stereocenters. The summed E-state index contributed by atoms with van der Waals surface area (Å²) in [4.78, 5) is 4.26. The van der Waals surface area contributed by atoms with Crippen LogP contribution < -0.4 is 29.6 Å². The SMILES string of the molecule is Sc1csc(-c2ccccc2)n1.[H-].[Na+]. The van der Waals surface area contributed by atoms with Crippen LogP contribution in [0.3, 0.4) is 0 Å². The fourth-order valence-electron chi connectivity index (χ4n) is 0.979. The van der Waals surface area contributed by atoms with Gasteiger partial charge < -0.3 is 1.43 Å². The van der Waals surface area contributed by atoms with E-state index in [4.69, 9.17) is 0 Å². The van der Waals surface area contributed by atoms with Crippen LogP contribution in [-0.4, -0.2) is 4.98 Å². The molecule has 0 saturated carbocycles. The van der Waals surface area contributed by atoms with E-state index in [1.165, 1.54) is 0 Å². The molecule has 0 saturated heterocycles. The van der Waals surface area contributed by atoms with Crippen molar-refractivity contribution in [2.75, 3.05) is 0 Å². The molecule has 0 bridgehead atoms. The molecule has 0 radical (unpaired) electrons. The third kappa shape index (κ3) is 2.82. The zero-order valence-corrected chi connectivity index (χ0v) is 11.0. The van der Waals surface area contributed by atoms with Crippen molar-refractivity contribution in [1.82, 2.24) is 4.98 Å². The number of benzene rings is 1. The van der Waals surface area contributed by atoms with Gasteiger partial charge in [-0.25, -0.2) is 4.98 Å². The van der Waals surface area contributed by atoms with E-state index in [0.717, 1.165) is 15.6 Å². The van der Waals surface area contributed by atoms with Crippen LogP contribution in [0.25, 0.3) is 10.6 Å². The van der Waals surface area contributed by atoms with Gasteiger partial charge in [0.15, 0.2) is 0 Å². The first-order valence-electron chi connectivity index (χ1n) is 3.56. The predicted molar refractivity (Wildman–Crippen MR) is 55.9 cm³/mol. The minimum atomic E-state index is 0. The standard InChI is InChI=1S/C9H7NS2.Na.H/c11-8-6-12-9(10-8)7-4-2-1-3-5-7;;/h1-6,11H;;/q;+1;-1. The minimum Gasteiger partial charge on any atom is -1.00 e. The smallest absolute Gasteiger partial charge is 1.00 e. The van der Waals surface area contributed by atoms with Gasteiger partial charge in [0, 0.05) is 10.9 Å². The molecule has 0 aliphatic heterocycles. The summed E-state index contributed by atoms with van der Waals surface area (Å²) in [5.74, 6) is 0. The number of nitrogens with zero attached hydrogens (tertiary/aromatic N) is 1. The zero-order chi connectivity index (χ0) is 8.39. The number of aromatic nitrogens is 1. The van der Waals surface area contributed by atoms with E-state index in [1.54, 1.807) is 11.3 Å². The largest absolute Gasteiger partial charge is 1.00 e. The molecule has 2 rings (SSSR count). The third-order valence-corrected chi connectivity index (χ3v) is 2.81. The molecular weight excluding hydrogens is 209 g/mol. The molecule has 1 heterocycles. The van der Waals surface area contributed by atoms with E-state index in [-0.39, 0.29) is 31.0 Å². The number of hydrogen-bond donors (Lipinski definition) is 1. The second-order valence-electron chi connectivity index (χ2n) is 2.38. The number of hydrogen-bond acceptors (Lipinski definition) is 3. The van der Waals surface area contributed by atoms with Crippen LogP contribution >= 0.6 is 24.0 Å². The van der Waals surface area contributed by atoms with Crippen LogP contribution in [0.2, 0.25) is 0 Å². The quantitative estimate of drug-likeness (QED) is 0.532. The second kappa shape index (κ2) is 5.17. The molecule has 0 N–H and O–H groups in total. The first kappa shape index (κ1) is 11.3. The Balaban J connectivity index is 0.000000845. The molecule has 4 heteroatoms. The Morgan fingerprint density at radius 3 is 2.46 bits per heavy atom. The van der Waals surface area contributed by atoms with Crippen LogP contribution in [0.15, 0.2) is 40.7 Å². The molecule has 0 fully saturated rings. The molecule has 0 amide bonds. The molecular formula is C9H8NNaS2. The van der Waals surface area contributed by atoms with Gasteiger partial charge in [-0.2, -0.15) is 0 Å². The first-order chi connectivity index (χ1) is 5.86. The van der Waals surface area contributed by atoms with E-state index < -0.39 is 0 Å². The Hall–Kier alpha value is 0.200. The Morgan fingerprint density at radius 2 is 1.92 bits per heavy atom. The van der Waals surface area contributed by atoms with Gasteiger partial charge in [-0.3, -0.25) is 0 Å². The van der Waals surface area contributed by atoms with Gasteiger partial charge in [0.25, 0.3) is 0 Å². The third-order valence-electron chi connectivity index (χ3n) is 1.51. The van der Waals surface area contributed by atoms with Crippen molar-refractivity contribution in [2.45, 2.75) is 5.03 Å². The average Bonchev–Trinajstić information content (AvgIpc) is 2.54. The van der Waals surface area contributed by atoms with E-state index in [0.29, 0.717) is 0 Å². The van der Waals surface area contributed by atoms with Crippen LogP contribution in [-0.2, 0) is 0 Å². The summed E-state index contributed by atoms with van der Waals surface area (Å²) in [5, 5.41) is 3.75. The maximum atomic E-state index is 4.26. The Labute approximate surface area is 110 Å². The Kier molecular flexibility index (Phi) is 4.49. The van der Waals surface area contributed by atoms with Crippen LogP contribution in [0.4, 0.5) is 0 Å². The van der Waals surface area contributed by atoms with Crippen LogP contribution in [0.5, 0.6) is 0 Å². The van der Waals surface area contributed by atoms with Crippen molar-refractivity contribution >= 4 is 24.0 Å². The molecule has 0 atom stereocenters. The van der Waals surface area contributed by atoms with Crippen LogP contribution in [0, 0.1) is 0 Å². The second-order valence-corrected chi connectivity index (χ2v) is 3.69. The van der Waals surface area contributed by atoms with Gasteiger partial charge in [0.2, 0.25) is 0 Å². The van der Waals surface area contributed by atoms with E-state index in [9.17, 15) is 0 Å². The summed E-state index contributed by atoms with van der Waals surface area (Å²) in [6.45, 7) is 0. The average molecular weight is 217 g/mol. The van der Waals surface area contributed by atoms with Crippen molar-refractivity contribution < 1.29 is 31.0 Å². The first-order valence-corrected chi connectivity index (χ1v) is 4.89. The summed E-state index contributed by atoms with van der Waals surface area (Å²) >= 11 is 5.77. The van der Waals surface area contributed by atoms with E-state index >= 15 is 0 Å². The normalized spacial score (nSPS) is 9.31. The van der Waals surface area contributed by atoms with Gasteiger partial charge in [0.1, 0.15) is 10.0 Å². The van der Waals surface area contributed by atoms with Crippen molar-refractivity contribution in [3.05, 3.63) is 35.7 Å². The van der Waals surface area contributed by atoms with Crippen molar-refractivity contribution in [3.63, 3.8) is 0 Å². The van der Waals surface area contributed by atoms with Gasteiger partial charge >= 0.3 is 29.6 Å². The molecule has 0 spiro atoms. The summed E-state index contributed by atoms with van der Waals surface area (Å²) in [6.07, 6.45) is 0. The molecule has 62 valence electrons. The molecule has 0 aliphatic carbocycles. The molecule has 1 nitrogen and oxygen atoms in total.